The van der Waals surface area contributed by atoms with Crippen LogP contribution in [0.5, 0.6) is 0 Å². The first-order valence-electron chi connectivity index (χ1n) is 18.1. The molecule has 0 aromatic rings. The normalized spacial score (nSPS) is 38.6. The van der Waals surface area contributed by atoms with Gasteiger partial charge in [-0.2, -0.15) is 0 Å². The predicted octanol–water partition coefficient (Wildman–Crippen LogP) is 2.58. The summed E-state index contributed by atoms with van der Waals surface area (Å²) in [6.07, 6.45) is 8.14. The lowest BCUT2D eigenvalue weighted by atomic mass is 9.64. The lowest BCUT2D eigenvalue weighted by Crippen LogP contribution is -2.77. The van der Waals surface area contributed by atoms with Gasteiger partial charge in [0.2, 0.25) is 0 Å². The van der Waals surface area contributed by atoms with Crippen LogP contribution >= 0.6 is 0 Å². The molecule has 2 amide bonds. The van der Waals surface area contributed by atoms with Gasteiger partial charge in [-0.3, -0.25) is 14.5 Å². The second-order valence-corrected chi connectivity index (χ2v) is 16.3. The van der Waals surface area contributed by atoms with E-state index in [1.165, 1.54) is 25.7 Å². The summed E-state index contributed by atoms with van der Waals surface area (Å²) in [5, 5.41) is 5.92. The number of nitrogens with two attached hydrogens (primary N) is 1. The molecule has 0 aromatic carbocycles. The minimum Gasteiger partial charge on any atom is -0.444 e. The lowest BCUT2D eigenvalue weighted by Gasteiger charge is -2.62. The molecule has 0 radical (unpaired) electrons. The second kappa shape index (κ2) is 13.9. The average molecular weight is 661 g/mol. The SMILES string of the molecule is CN(C)CCCCNC(=O)C1=CN2C3CC4CCCCC4CC3OC3C(N4CCC(NC(=O)OC(C)(C)C)C4)C(F)C(N)C(C1=O)C32. The number of ketones is 1. The number of Topliss-reactive ketones (excluding diaryl/α,β-unsaturated/α-hetero) is 1. The number of carbonyl (C=O) groups is 3. The van der Waals surface area contributed by atoms with Crippen molar-refractivity contribution in [3.05, 3.63) is 11.8 Å². The van der Waals surface area contributed by atoms with Gasteiger partial charge in [-0.1, -0.05) is 25.7 Å². The number of hydrogen-bond donors (Lipinski definition) is 3. The van der Waals surface area contributed by atoms with Crippen LogP contribution in [-0.4, -0.2) is 127 Å². The number of rotatable bonds is 8. The van der Waals surface area contributed by atoms with Gasteiger partial charge in [0.1, 0.15) is 11.8 Å². The van der Waals surface area contributed by atoms with Crippen molar-refractivity contribution in [1.29, 1.82) is 0 Å². The molecule has 11 unspecified atom stereocenters. The standard InChI is InChI=1S/C35H57FN6O5/c1-35(2,3)47-34(45)39-22-12-15-41(18-22)30-27(36)28(37)26-29-32(30)46-25-17-21-11-7-6-10-20(21)16-24(25)42(29)19-23(31(26)43)33(44)38-13-8-9-14-40(4)5/h19-22,24-30,32H,6-18,37H2,1-5H3,(H,38,44)(H,39,45). The molecule has 6 rings (SSSR count). The maximum Gasteiger partial charge on any atom is 0.407 e. The molecule has 3 aliphatic carbocycles. The van der Waals surface area contributed by atoms with E-state index in [-0.39, 0.29) is 29.5 Å². The van der Waals surface area contributed by atoms with E-state index < -0.39 is 53.9 Å². The van der Waals surface area contributed by atoms with Gasteiger partial charge in [0.15, 0.2) is 5.78 Å². The number of hydrogen-bond acceptors (Lipinski definition) is 9. The van der Waals surface area contributed by atoms with Crippen LogP contribution in [-0.2, 0) is 19.1 Å². The number of fused-ring (bicyclic) bond motifs is 3. The van der Waals surface area contributed by atoms with E-state index in [0.717, 1.165) is 32.2 Å². The number of carbonyl (C=O) groups excluding carboxylic acids is 3. The van der Waals surface area contributed by atoms with Gasteiger partial charge in [0.05, 0.1) is 41.8 Å². The Kier molecular flexibility index (Phi) is 10.2. The van der Waals surface area contributed by atoms with Crippen molar-refractivity contribution < 1.29 is 28.2 Å². The molecule has 4 N–H and O–H groups in total. The molecule has 3 heterocycles. The molecule has 6 aliphatic rings. The number of amides is 2. The number of nitrogens with zero attached hydrogens (tertiary/aromatic N) is 3. The van der Waals surface area contributed by atoms with E-state index in [0.29, 0.717) is 37.9 Å². The zero-order chi connectivity index (χ0) is 33.6. The summed E-state index contributed by atoms with van der Waals surface area (Å²) in [5.41, 5.74) is 6.19. The summed E-state index contributed by atoms with van der Waals surface area (Å²) >= 11 is 0. The minimum absolute atomic E-state index is 0.0123. The van der Waals surface area contributed by atoms with E-state index >= 15 is 4.39 Å². The van der Waals surface area contributed by atoms with Crippen LogP contribution in [0.15, 0.2) is 11.8 Å². The number of nitrogens with one attached hydrogen (secondary N) is 2. The van der Waals surface area contributed by atoms with Crippen LogP contribution in [0.2, 0.25) is 0 Å². The van der Waals surface area contributed by atoms with Crippen molar-refractivity contribution >= 4 is 17.8 Å². The first kappa shape index (κ1) is 34.6. The molecule has 0 bridgehead atoms. The van der Waals surface area contributed by atoms with E-state index in [1.807, 2.05) is 34.9 Å². The summed E-state index contributed by atoms with van der Waals surface area (Å²) in [6, 6.07) is -2.39. The molecule has 3 aliphatic heterocycles. The highest BCUT2D eigenvalue weighted by molar-refractivity contribution is 6.20. The number of likely N-dealkylation sites (tertiary alicyclic amines) is 1. The van der Waals surface area contributed by atoms with Crippen LogP contribution in [0.25, 0.3) is 0 Å². The van der Waals surface area contributed by atoms with Crippen LogP contribution in [0.1, 0.15) is 78.6 Å². The summed E-state index contributed by atoms with van der Waals surface area (Å²) in [4.78, 5) is 46.6. The molecule has 12 heteroatoms. The largest absolute Gasteiger partial charge is 0.444 e. The van der Waals surface area contributed by atoms with E-state index in [9.17, 15) is 14.4 Å². The molecule has 5 fully saturated rings. The first-order valence-corrected chi connectivity index (χ1v) is 18.1. The zero-order valence-electron chi connectivity index (χ0n) is 29.0. The first-order chi connectivity index (χ1) is 22.3. The number of alkyl carbamates (subject to hydrolysis) is 1. The van der Waals surface area contributed by atoms with Crippen molar-refractivity contribution in [2.75, 3.05) is 40.3 Å². The molecule has 47 heavy (non-hydrogen) atoms. The van der Waals surface area contributed by atoms with Gasteiger partial charge in [0.25, 0.3) is 5.91 Å². The highest BCUT2D eigenvalue weighted by Crippen LogP contribution is 2.50. The molecule has 0 spiro atoms. The summed E-state index contributed by atoms with van der Waals surface area (Å²) in [6.45, 7) is 7.87. The van der Waals surface area contributed by atoms with Crippen molar-refractivity contribution in [3.63, 3.8) is 0 Å². The molecule has 3 saturated carbocycles. The van der Waals surface area contributed by atoms with E-state index in [2.05, 4.69) is 25.3 Å². The Morgan fingerprint density at radius 1 is 1.11 bits per heavy atom. The Hall–Kier alpha value is -2.28. The number of ether oxygens (including phenoxy) is 2. The highest BCUT2D eigenvalue weighted by Gasteiger charge is 2.63. The number of alkyl halides is 1. The zero-order valence-corrected chi connectivity index (χ0v) is 29.0. The van der Waals surface area contributed by atoms with Gasteiger partial charge in [-0.25, -0.2) is 9.18 Å². The topological polar surface area (TPSA) is 129 Å². The molecular weight excluding hydrogens is 603 g/mol. The number of morpholine rings is 1. The Morgan fingerprint density at radius 3 is 2.53 bits per heavy atom. The fourth-order valence-electron chi connectivity index (χ4n) is 9.45. The third kappa shape index (κ3) is 7.21. The fourth-order valence-corrected chi connectivity index (χ4v) is 9.45. The highest BCUT2D eigenvalue weighted by atomic mass is 19.1. The van der Waals surface area contributed by atoms with Crippen molar-refractivity contribution in [2.24, 2.45) is 23.5 Å². The van der Waals surface area contributed by atoms with Crippen LogP contribution in [0.4, 0.5) is 9.18 Å². The number of unbranched alkanes of at least 4 members (excludes halogenated alkanes) is 1. The van der Waals surface area contributed by atoms with Gasteiger partial charge in [0, 0.05) is 37.9 Å². The Morgan fingerprint density at radius 2 is 1.83 bits per heavy atom. The molecule has 11 atom stereocenters. The van der Waals surface area contributed by atoms with E-state index in [1.54, 1.807) is 6.20 Å². The second-order valence-electron chi connectivity index (χ2n) is 16.3. The molecule has 0 aromatic heterocycles. The Labute approximate surface area is 279 Å². The van der Waals surface area contributed by atoms with Gasteiger partial charge >= 0.3 is 6.09 Å². The smallest absolute Gasteiger partial charge is 0.407 e. The number of halogens is 1. The summed E-state index contributed by atoms with van der Waals surface area (Å²) < 4.78 is 29.2. The van der Waals surface area contributed by atoms with Gasteiger partial charge in [-0.15, -0.1) is 0 Å². The third-order valence-electron chi connectivity index (χ3n) is 11.6. The van der Waals surface area contributed by atoms with Crippen molar-refractivity contribution in [2.45, 2.75) is 133 Å². The third-order valence-corrected chi connectivity index (χ3v) is 11.6. The molecule has 2 saturated heterocycles. The lowest BCUT2D eigenvalue weighted by molar-refractivity contribution is -0.222. The van der Waals surface area contributed by atoms with Gasteiger partial charge < -0.3 is 35.6 Å². The van der Waals surface area contributed by atoms with E-state index in [4.69, 9.17) is 15.2 Å². The molecule has 264 valence electrons. The Bertz CT molecular complexity index is 1210. The van der Waals surface area contributed by atoms with Crippen LogP contribution in [0, 0.1) is 17.8 Å². The van der Waals surface area contributed by atoms with Crippen LogP contribution in [0.3, 0.4) is 0 Å². The van der Waals surface area contributed by atoms with Gasteiger partial charge in [-0.05, 0) is 85.4 Å². The molecular formula is C35H57FN6O5. The van der Waals surface area contributed by atoms with Crippen molar-refractivity contribution in [1.82, 2.24) is 25.3 Å². The monoisotopic (exact) mass is 660 g/mol. The van der Waals surface area contributed by atoms with Crippen molar-refractivity contribution in [3.8, 4) is 0 Å². The quantitative estimate of drug-likeness (QED) is 0.266. The minimum atomic E-state index is -1.54. The predicted molar refractivity (Wildman–Crippen MR) is 176 cm³/mol. The van der Waals surface area contributed by atoms with Crippen LogP contribution < -0.4 is 16.4 Å². The summed E-state index contributed by atoms with van der Waals surface area (Å²) in [7, 11) is 4.03. The maximum absolute atomic E-state index is 16.8. The molecule has 11 nitrogen and oxygen atoms in total. The fraction of sp³-hybridized carbons (Fsp3) is 0.857. The summed E-state index contributed by atoms with van der Waals surface area (Å²) in [5.74, 6) is -0.491. The average Bonchev–Trinajstić information content (AvgIpc) is 3.45. The maximum atomic E-state index is 16.8. The Balaban J connectivity index is 1.26.